The number of aromatic nitrogens is 1. The van der Waals surface area contributed by atoms with Gasteiger partial charge in [0.2, 0.25) is 0 Å². The molecule has 1 saturated carbocycles. The molecule has 0 radical (unpaired) electrons. The van der Waals surface area contributed by atoms with Crippen LogP contribution in [0, 0.1) is 5.92 Å². The first-order chi connectivity index (χ1) is 5.42. The van der Waals surface area contributed by atoms with E-state index in [1.54, 1.807) is 11.3 Å². The second-order valence-electron chi connectivity index (χ2n) is 2.72. The van der Waals surface area contributed by atoms with Crippen LogP contribution in [-0.2, 0) is 0 Å². The van der Waals surface area contributed by atoms with Crippen molar-refractivity contribution in [2.75, 3.05) is 7.05 Å². The molecule has 3 heteroatoms. The molecule has 1 aromatic heterocycles. The van der Waals surface area contributed by atoms with Crippen LogP contribution >= 0.6 is 11.3 Å². The third-order valence-corrected chi connectivity index (χ3v) is 2.65. The predicted molar refractivity (Wildman–Crippen MR) is 47.3 cm³/mol. The van der Waals surface area contributed by atoms with Crippen molar-refractivity contribution in [2.24, 2.45) is 10.9 Å². The summed E-state index contributed by atoms with van der Waals surface area (Å²) in [7, 11) is 1.86. The summed E-state index contributed by atoms with van der Waals surface area (Å²) >= 11 is 1.68. The zero-order chi connectivity index (χ0) is 7.68. The minimum atomic E-state index is 0.714. The molecule has 1 aliphatic rings. The van der Waals surface area contributed by atoms with Gasteiger partial charge in [-0.1, -0.05) is 0 Å². The molecule has 0 N–H and O–H groups in total. The average Bonchev–Trinajstić information content (AvgIpc) is 2.68. The van der Waals surface area contributed by atoms with E-state index in [-0.39, 0.29) is 0 Å². The van der Waals surface area contributed by atoms with Gasteiger partial charge < -0.3 is 0 Å². The zero-order valence-electron chi connectivity index (χ0n) is 6.45. The third kappa shape index (κ3) is 1.33. The van der Waals surface area contributed by atoms with Crippen LogP contribution in [0.5, 0.6) is 0 Å². The van der Waals surface area contributed by atoms with Crippen molar-refractivity contribution in [1.29, 1.82) is 0 Å². The topological polar surface area (TPSA) is 25.2 Å². The molecule has 0 saturated heterocycles. The molecule has 1 heterocycles. The molecule has 2 nitrogen and oxygen atoms in total. The van der Waals surface area contributed by atoms with Crippen molar-refractivity contribution < 1.29 is 0 Å². The maximum absolute atomic E-state index is 4.26. The lowest BCUT2D eigenvalue weighted by Gasteiger charge is -1.96. The Bertz CT molecular complexity index is 260. The summed E-state index contributed by atoms with van der Waals surface area (Å²) in [6, 6.07) is 0. The number of aliphatic imine (C=N–C) groups is 1. The zero-order valence-corrected chi connectivity index (χ0v) is 7.27. The highest BCUT2D eigenvalue weighted by Crippen LogP contribution is 2.33. The van der Waals surface area contributed by atoms with Gasteiger partial charge in [-0.05, 0) is 12.8 Å². The molecular formula is C8H10N2S. The molecule has 0 aromatic carbocycles. The summed E-state index contributed by atoms with van der Waals surface area (Å²) in [5.41, 5.74) is 1.21. The SMILES string of the molecule is CN=C(c1nccs1)C1CC1. The quantitative estimate of drug-likeness (QED) is 0.617. The highest BCUT2D eigenvalue weighted by Gasteiger charge is 2.29. The van der Waals surface area contributed by atoms with Crippen LogP contribution in [0.15, 0.2) is 16.6 Å². The second-order valence-corrected chi connectivity index (χ2v) is 3.61. The first-order valence-electron chi connectivity index (χ1n) is 3.78. The first-order valence-corrected chi connectivity index (χ1v) is 4.66. The minimum absolute atomic E-state index is 0.714. The summed E-state index contributed by atoms with van der Waals surface area (Å²) in [6.07, 6.45) is 4.44. The highest BCUT2D eigenvalue weighted by atomic mass is 32.1. The molecular weight excluding hydrogens is 156 g/mol. The molecule has 0 unspecified atom stereocenters. The van der Waals surface area contributed by atoms with E-state index >= 15 is 0 Å². The van der Waals surface area contributed by atoms with Gasteiger partial charge in [0, 0.05) is 24.5 Å². The van der Waals surface area contributed by atoms with E-state index in [0.29, 0.717) is 5.92 Å². The summed E-state index contributed by atoms with van der Waals surface area (Å²) in [4.78, 5) is 8.49. The lowest BCUT2D eigenvalue weighted by molar-refractivity contribution is 1.15. The van der Waals surface area contributed by atoms with E-state index in [2.05, 4.69) is 9.98 Å². The Hall–Kier alpha value is -0.700. The Morgan fingerprint density at radius 3 is 3.00 bits per heavy atom. The van der Waals surface area contributed by atoms with E-state index in [0.717, 1.165) is 5.01 Å². The Morgan fingerprint density at radius 2 is 2.55 bits per heavy atom. The highest BCUT2D eigenvalue weighted by molar-refractivity contribution is 7.11. The van der Waals surface area contributed by atoms with Crippen LogP contribution in [0.1, 0.15) is 17.8 Å². The maximum atomic E-state index is 4.26. The summed E-state index contributed by atoms with van der Waals surface area (Å²) in [5.74, 6) is 0.714. The minimum Gasteiger partial charge on any atom is -0.290 e. The van der Waals surface area contributed by atoms with Gasteiger partial charge in [0.15, 0.2) is 0 Å². The van der Waals surface area contributed by atoms with Crippen LogP contribution < -0.4 is 0 Å². The van der Waals surface area contributed by atoms with Crippen molar-refractivity contribution in [3.8, 4) is 0 Å². The number of hydrogen-bond acceptors (Lipinski definition) is 3. The van der Waals surface area contributed by atoms with Gasteiger partial charge in [0.05, 0.1) is 5.71 Å². The van der Waals surface area contributed by atoms with Crippen LogP contribution in [0.2, 0.25) is 0 Å². The van der Waals surface area contributed by atoms with Gasteiger partial charge >= 0.3 is 0 Å². The predicted octanol–water partition coefficient (Wildman–Crippen LogP) is 1.97. The van der Waals surface area contributed by atoms with Gasteiger partial charge in [-0.3, -0.25) is 4.99 Å². The fourth-order valence-electron chi connectivity index (χ4n) is 1.16. The van der Waals surface area contributed by atoms with Crippen molar-refractivity contribution >= 4 is 17.0 Å². The molecule has 58 valence electrons. The van der Waals surface area contributed by atoms with Gasteiger partial charge in [0.1, 0.15) is 5.01 Å². The van der Waals surface area contributed by atoms with Crippen molar-refractivity contribution in [3.05, 3.63) is 16.6 Å². The first kappa shape index (κ1) is 6.98. The molecule has 0 amide bonds. The molecule has 0 aliphatic heterocycles. The van der Waals surface area contributed by atoms with Gasteiger partial charge in [-0.25, -0.2) is 4.98 Å². The molecule has 0 bridgehead atoms. The molecule has 1 aromatic rings. The van der Waals surface area contributed by atoms with E-state index < -0.39 is 0 Å². The Kier molecular flexibility index (Phi) is 1.74. The molecule has 2 rings (SSSR count). The third-order valence-electron chi connectivity index (χ3n) is 1.86. The summed E-state index contributed by atoms with van der Waals surface area (Å²) in [5, 5.41) is 3.11. The van der Waals surface area contributed by atoms with Crippen molar-refractivity contribution in [2.45, 2.75) is 12.8 Å². The van der Waals surface area contributed by atoms with Crippen LogP contribution in [0.4, 0.5) is 0 Å². The fraction of sp³-hybridized carbons (Fsp3) is 0.500. The van der Waals surface area contributed by atoms with E-state index in [1.165, 1.54) is 18.6 Å². The number of nitrogens with zero attached hydrogens (tertiary/aromatic N) is 2. The molecule has 1 aliphatic carbocycles. The van der Waals surface area contributed by atoms with Gasteiger partial charge in [-0.15, -0.1) is 11.3 Å². The monoisotopic (exact) mass is 166 g/mol. The maximum Gasteiger partial charge on any atom is 0.137 e. The van der Waals surface area contributed by atoms with Gasteiger partial charge in [0.25, 0.3) is 0 Å². The van der Waals surface area contributed by atoms with E-state index in [4.69, 9.17) is 0 Å². The van der Waals surface area contributed by atoms with Crippen LogP contribution in [-0.4, -0.2) is 17.7 Å². The Morgan fingerprint density at radius 1 is 1.73 bits per heavy atom. The van der Waals surface area contributed by atoms with E-state index in [1.807, 2.05) is 18.6 Å². The molecule has 11 heavy (non-hydrogen) atoms. The average molecular weight is 166 g/mol. The van der Waals surface area contributed by atoms with E-state index in [9.17, 15) is 0 Å². The van der Waals surface area contributed by atoms with Crippen LogP contribution in [0.3, 0.4) is 0 Å². The lowest BCUT2D eigenvalue weighted by atomic mass is 10.2. The normalized spacial score (nSPS) is 18.8. The second kappa shape index (κ2) is 2.74. The summed E-state index contributed by atoms with van der Waals surface area (Å²) < 4.78 is 0. The summed E-state index contributed by atoms with van der Waals surface area (Å²) in [6.45, 7) is 0. The van der Waals surface area contributed by atoms with Crippen LogP contribution in [0.25, 0.3) is 0 Å². The fourth-order valence-corrected chi connectivity index (χ4v) is 1.91. The smallest absolute Gasteiger partial charge is 0.137 e. The van der Waals surface area contributed by atoms with Gasteiger partial charge in [-0.2, -0.15) is 0 Å². The molecule has 0 spiro atoms. The number of thiazole rings is 1. The van der Waals surface area contributed by atoms with Crippen molar-refractivity contribution in [1.82, 2.24) is 4.98 Å². The number of hydrogen-bond donors (Lipinski definition) is 0. The Balaban J connectivity index is 2.25. The number of rotatable bonds is 2. The standard InChI is InChI=1S/C8H10N2S/c1-9-7(6-2-3-6)8-10-4-5-11-8/h4-6H,2-3H2,1H3. The molecule has 0 atom stereocenters. The molecule has 1 fully saturated rings. The largest absolute Gasteiger partial charge is 0.290 e. The lowest BCUT2D eigenvalue weighted by Crippen LogP contribution is -2.01. The Labute approximate surface area is 70.0 Å². The van der Waals surface area contributed by atoms with Crippen molar-refractivity contribution in [3.63, 3.8) is 0 Å².